The van der Waals surface area contributed by atoms with Crippen molar-refractivity contribution in [1.29, 1.82) is 0 Å². The summed E-state index contributed by atoms with van der Waals surface area (Å²) >= 11 is 0. The molecule has 2 rings (SSSR count). The maximum absolute atomic E-state index is 11.6. The first-order valence-corrected chi connectivity index (χ1v) is 10.2. The summed E-state index contributed by atoms with van der Waals surface area (Å²) in [6.45, 7) is 3.43. The monoisotopic (exact) mass is 406 g/mol. The van der Waals surface area contributed by atoms with E-state index in [1.807, 2.05) is 0 Å². The summed E-state index contributed by atoms with van der Waals surface area (Å²) in [7, 11) is -3.33. The maximum Gasteiger partial charge on any atom is 0.271 e. The zero-order valence-electron chi connectivity index (χ0n) is 15.6. The van der Waals surface area contributed by atoms with E-state index in [1.165, 1.54) is 30.5 Å². The van der Waals surface area contributed by atoms with Gasteiger partial charge in [-0.25, -0.2) is 18.4 Å². The molecule has 0 saturated carbocycles. The molecule has 28 heavy (non-hydrogen) atoms. The Balaban J connectivity index is 2.31. The number of anilines is 3. The molecule has 0 aliphatic carbocycles. The number of hydrogen-bond donors (Lipinski definition) is 4. The lowest BCUT2D eigenvalue weighted by Gasteiger charge is -2.19. The van der Waals surface area contributed by atoms with Crippen LogP contribution in [0.2, 0.25) is 0 Å². The molecule has 1 aromatic carbocycles. The van der Waals surface area contributed by atoms with Crippen LogP contribution in [0.4, 0.5) is 17.3 Å². The van der Waals surface area contributed by atoms with Crippen molar-refractivity contribution in [3.8, 4) is 0 Å². The maximum atomic E-state index is 11.6. The molecule has 2 amide bonds. The van der Waals surface area contributed by atoms with Gasteiger partial charge in [0, 0.05) is 18.0 Å². The molecule has 0 spiro atoms. The first-order chi connectivity index (χ1) is 13.0. The van der Waals surface area contributed by atoms with Crippen LogP contribution in [-0.2, 0) is 14.6 Å². The van der Waals surface area contributed by atoms with E-state index in [0.717, 1.165) is 6.26 Å². The molecule has 2 atom stereocenters. The van der Waals surface area contributed by atoms with Crippen LogP contribution < -0.4 is 22.1 Å². The van der Waals surface area contributed by atoms with Gasteiger partial charge in [-0.1, -0.05) is 6.92 Å². The van der Waals surface area contributed by atoms with E-state index in [1.54, 1.807) is 13.8 Å². The fourth-order valence-corrected chi connectivity index (χ4v) is 2.88. The fourth-order valence-electron chi connectivity index (χ4n) is 2.25. The van der Waals surface area contributed by atoms with Crippen LogP contribution in [0.1, 0.15) is 24.3 Å². The van der Waals surface area contributed by atoms with E-state index >= 15 is 0 Å². The Bertz CT molecular complexity index is 991. The summed E-state index contributed by atoms with van der Waals surface area (Å²) in [5.74, 6) is -1.32. The average Bonchev–Trinajstić information content (AvgIpc) is 2.60. The summed E-state index contributed by atoms with van der Waals surface area (Å²) in [4.78, 5) is 31.4. The minimum Gasteiger partial charge on any atom is -0.369 e. The number of nitrogens with two attached hydrogens (primary N) is 2. The van der Waals surface area contributed by atoms with E-state index in [-0.39, 0.29) is 22.4 Å². The Kier molecular flexibility index (Phi) is 6.19. The summed E-state index contributed by atoms with van der Waals surface area (Å²) in [5.41, 5.74) is 11.0. The van der Waals surface area contributed by atoms with Crippen LogP contribution >= 0.6 is 0 Å². The molecule has 2 aromatic rings. The Morgan fingerprint density at radius 2 is 1.71 bits per heavy atom. The number of amides is 2. The van der Waals surface area contributed by atoms with Crippen molar-refractivity contribution in [3.63, 3.8) is 0 Å². The molecule has 1 aromatic heterocycles. The molecule has 0 aliphatic rings. The number of rotatable bonds is 8. The molecule has 10 nitrogen and oxygen atoms in total. The number of nitrogens with one attached hydrogen (secondary N) is 2. The zero-order valence-corrected chi connectivity index (χ0v) is 16.4. The van der Waals surface area contributed by atoms with Crippen molar-refractivity contribution in [1.82, 2.24) is 9.97 Å². The second-order valence-corrected chi connectivity index (χ2v) is 8.38. The van der Waals surface area contributed by atoms with Gasteiger partial charge in [-0.15, -0.1) is 0 Å². The highest BCUT2D eigenvalue weighted by atomic mass is 32.2. The van der Waals surface area contributed by atoms with Gasteiger partial charge in [0.1, 0.15) is 5.82 Å². The largest absolute Gasteiger partial charge is 0.369 e. The van der Waals surface area contributed by atoms with Crippen molar-refractivity contribution < 1.29 is 18.0 Å². The number of nitrogens with zero attached hydrogens (tertiary/aromatic N) is 2. The minimum atomic E-state index is -3.33. The van der Waals surface area contributed by atoms with E-state index in [0.29, 0.717) is 11.5 Å². The van der Waals surface area contributed by atoms with Crippen LogP contribution in [0, 0.1) is 5.92 Å². The topological polar surface area (TPSA) is 170 Å². The van der Waals surface area contributed by atoms with Crippen molar-refractivity contribution in [2.45, 2.75) is 24.8 Å². The molecule has 150 valence electrons. The van der Waals surface area contributed by atoms with Gasteiger partial charge < -0.3 is 22.1 Å². The molecule has 0 radical (unpaired) electrons. The van der Waals surface area contributed by atoms with Crippen LogP contribution in [0.5, 0.6) is 0 Å². The predicted molar refractivity (Wildman–Crippen MR) is 105 cm³/mol. The summed E-state index contributed by atoms with van der Waals surface area (Å²) in [5, 5.41) is 5.90. The van der Waals surface area contributed by atoms with E-state index in [4.69, 9.17) is 11.5 Å². The van der Waals surface area contributed by atoms with E-state index in [9.17, 15) is 18.0 Å². The Hall–Kier alpha value is -3.21. The molecular weight excluding hydrogens is 384 g/mol. The summed E-state index contributed by atoms with van der Waals surface area (Å²) < 4.78 is 23.1. The molecule has 0 saturated heterocycles. The normalized spacial score (nSPS) is 13.4. The molecule has 2 unspecified atom stereocenters. The van der Waals surface area contributed by atoms with Gasteiger partial charge in [-0.05, 0) is 31.2 Å². The third kappa shape index (κ3) is 5.16. The lowest BCUT2D eigenvalue weighted by molar-refractivity contribution is -0.121. The van der Waals surface area contributed by atoms with Gasteiger partial charge in [-0.3, -0.25) is 9.59 Å². The van der Waals surface area contributed by atoms with Gasteiger partial charge in [0.15, 0.2) is 21.3 Å². The highest BCUT2D eigenvalue weighted by molar-refractivity contribution is 7.90. The zero-order chi connectivity index (χ0) is 21.1. The van der Waals surface area contributed by atoms with Crippen molar-refractivity contribution in [3.05, 3.63) is 36.2 Å². The third-order valence-corrected chi connectivity index (χ3v) is 5.25. The molecule has 0 bridgehead atoms. The summed E-state index contributed by atoms with van der Waals surface area (Å²) in [6, 6.07) is 5.58. The van der Waals surface area contributed by atoms with Crippen LogP contribution in [0.15, 0.2) is 35.4 Å². The summed E-state index contributed by atoms with van der Waals surface area (Å²) in [6.07, 6.45) is 2.43. The second kappa shape index (κ2) is 8.21. The van der Waals surface area contributed by atoms with Crippen molar-refractivity contribution in [2.75, 3.05) is 16.9 Å². The second-order valence-electron chi connectivity index (χ2n) is 6.36. The number of sulfone groups is 1. The van der Waals surface area contributed by atoms with Crippen LogP contribution in [0.25, 0.3) is 0 Å². The Labute approximate surface area is 162 Å². The average molecular weight is 406 g/mol. The molecule has 11 heteroatoms. The molecule has 1 heterocycles. The van der Waals surface area contributed by atoms with Crippen LogP contribution in [0.3, 0.4) is 0 Å². The minimum absolute atomic E-state index is 0.0866. The van der Waals surface area contributed by atoms with Crippen molar-refractivity contribution >= 4 is 39.0 Å². The first kappa shape index (κ1) is 21.1. The Morgan fingerprint density at radius 3 is 2.21 bits per heavy atom. The number of carbonyl (C=O) groups excluding carboxylic acids is 2. The standard InChI is InChI=1S/C17H22N6O4S/c1-9(15(18)24)10(2)21-13-8-20-14(16(19)25)17(23-13)22-11-4-6-12(7-5-11)28(3,26)27/h4-10H,1-3H3,(H2,18,24)(H2,19,25)(H2,21,22,23). The smallest absolute Gasteiger partial charge is 0.271 e. The lowest BCUT2D eigenvalue weighted by atomic mass is 10.0. The first-order valence-electron chi connectivity index (χ1n) is 8.29. The predicted octanol–water partition coefficient (Wildman–Crippen LogP) is 0.644. The van der Waals surface area contributed by atoms with Gasteiger partial charge in [0.25, 0.3) is 5.91 Å². The number of aromatic nitrogens is 2. The molecule has 6 N–H and O–H groups in total. The quantitative estimate of drug-likeness (QED) is 0.495. The van der Waals surface area contributed by atoms with E-state index in [2.05, 4.69) is 20.6 Å². The number of hydrogen-bond acceptors (Lipinski definition) is 8. The molecule has 0 fully saturated rings. The molecule has 0 aliphatic heterocycles. The van der Waals surface area contributed by atoms with Gasteiger partial charge >= 0.3 is 0 Å². The fraction of sp³-hybridized carbons (Fsp3) is 0.294. The van der Waals surface area contributed by atoms with Gasteiger partial charge in [0.2, 0.25) is 5.91 Å². The van der Waals surface area contributed by atoms with Gasteiger partial charge in [0.05, 0.1) is 17.0 Å². The van der Waals surface area contributed by atoms with E-state index < -0.39 is 27.6 Å². The molecular formula is C17H22N6O4S. The highest BCUT2D eigenvalue weighted by Gasteiger charge is 2.19. The number of benzene rings is 1. The van der Waals surface area contributed by atoms with Crippen molar-refractivity contribution in [2.24, 2.45) is 17.4 Å². The Morgan fingerprint density at radius 1 is 1.11 bits per heavy atom. The number of carbonyl (C=O) groups is 2. The number of primary amides is 2. The third-order valence-electron chi connectivity index (χ3n) is 4.13. The van der Waals surface area contributed by atoms with Crippen LogP contribution in [-0.4, -0.2) is 42.5 Å². The highest BCUT2D eigenvalue weighted by Crippen LogP contribution is 2.21. The SMILES string of the molecule is CC(Nc1cnc(C(N)=O)c(Nc2ccc(S(C)(=O)=O)cc2)n1)C(C)C(N)=O. The lowest BCUT2D eigenvalue weighted by Crippen LogP contribution is -2.34. The van der Waals surface area contributed by atoms with Gasteiger partial charge in [-0.2, -0.15) is 0 Å².